The van der Waals surface area contributed by atoms with E-state index in [9.17, 15) is 0 Å². The Balaban J connectivity index is 2.62. The van der Waals surface area contributed by atoms with Crippen molar-refractivity contribution in [1.82, 2.24) is 5.32 Å². The number of ether oxygens (including phenoxy) is 2. The summed E-state index contributed by atoms with van der Waals surface area (Å²) in [6.45, 7) is 7.04. The monoisotopic (exact) mass is 283 g/mol. The average Bonchev–Trinajstić information content (AvgIpc) is 2.38. The lowest BCUT2D eigenvalue weighted by Gasteiger charge is -2.13. The zero-order valence-electron chi connectivity index (χ0n) is 11.8. The summed E-state index contributed by atoms with van der Waals surface area (Å²) in [6.07, 6.45) is 1.78. The van der Waals surface area contributed by atoms with E-state index in [2.05, 4.69) is 31.3 Å². The maximum absolute atomic E-state index is 5.69. The molecule has 0 aromatic heterocycles. The predicted molar refractivity (Wildman–Crippen MR) is 80.0 cm³/mol. The van der Waals surface area contributed by atoms with Crippen LogP contribution in [0, 0.1) is 13.8 Å². The molecule has 0 aliphatic heterocycles. The summed E-state index contributed by atoms with van der Waals surface area (Å²) in [6, 6.07) is 4.29. The molecule has 3 nitrogen and oxygen atoms in total. The minimum absolute atomic E-state index is 0.497. The van der Waals surface area contributed by atoms with Gasteiger partial charge < -0.3 is 14.8 Å². The molecular formula is C15H22ClNO2. The van der Waals surface area contributed by atoms with Crippen molar-refractivity contribution in [2.75, 3.05) is 26.9 Å². The van der Waals surface area contributed by atoms with Crippen LogP contribution in [0.3, 0.4) is 0 Å². The van der Waals surface area contributed by atoms with E-state index in [-0.39, 0.29) is 0 Å². The van der Waals surface area contributed by atoms with Gasteiger partial charge in [0.15, 0.2) is 0 Å². The second kappa shape index (κ2) is 8.97. The summed E-state index contributed by atoms with van der Waals surface area (Å²) in [5, 5.41) is 3.33. The summed E-state index contributed by atoms with van der Waals surface area (Å²) in [4.78, 5) is 0. The van der Waals surface area contributed by atoms with Crippen LogP contribution < -0.4 is 10.1 Å². The lowest BCUT2D eigenvalue weighted by molar-refractivity contribution is 0.199. The Labute approximate surface area is 120 Å². The van der Waals surface area contributed by atoms with Gasteiger partial charge in [-0.1, -0.05) is 23.7 Å². The van der Waals surface area contributed by atoms with Gasteiger partial charge in [0, 0.05) is 25.7 Å². The molecule has 0 amide bonds. The van der Waals surface area contributed by atoms with Crippen LogP contribution in [0.25, 0.3) is 0 Å². The number of hydrogen-bond acceptors (Lipinski definition) is 3. The van der Waals surface area contributed by atoms with E-state index >= 15 is 0 Å². The molecule has 0 aliphatic rings. The third-order valence-electron chi connectivity index (χ3n) is 2.75. The highest BCUT2D eigenvalue weighted by atomic mass is 35.5. The average molecular weight is 284 g/mol. The Morgan fingerprint density at radius 3 is 2.53 bits per heavy atom. The normalized spacial score (nSPS) is 11.2. The first-order valence-electron chi connectivity index (χ1n) is 6.36. The van der Waals surface area contributed by atoms with Crippen molar-refractivity contribution in [2.45, 2.75) is 20.4 Å². The number of methoxy groups -OCH3 is 1. The molecule has 0 aliphatic carbocycles. The first-order chi connectivity index (χ1) is 9.19. The van der Waals surface area contributed by atoms with Gasteiger partial charge in [0.05, 0.1) is 6.61 Å². The lowest BCUT2D eigenvalue weighted by atomic mass is 10.1. The van der Waals surface area contributed by atoms with Gasteiger partial charge in [-0.2, -0.15) is 0 Å². The minimum atomic E-state index is 0.497. The SMILES string of the molecule is COCCNCc1cc(C)c(OCC=CCl)c(C)c1. The van der Waals surface area contributed by atoms with E-state index in [0.29, 0.717) is 6.61 Å². The van der Waals surface area contributed by atoms with E-state index in [1.807, 2.05) is 0 Å². The van der Waals surface area contributed by atoms with Crippen LogP contribution in [0.5, 0.6) is 5.75 Å². The van der Waals surface area contributed by atoms with E-state index < -0.39 is 0 Å². The number of nitrogens with one attached hydrogen (secondary N) is 1. The Morgan fingerprint density at radius 2 is 1.95 bits per heavy atom. The van der Waals surface area contributed by atoms with Crippen LogP contribution in [0.1, 0.15) is 16.7 Å². The zero-order chi connectivity index (χ0) is 14.1. The molecule has 1 aromatic rings. The van der Waals surface area contributed by atoms with Gasteiger partial charge in [0.2, 0.25) is 0 Å². The molecule has 0 atom stereocenters. The molecule has 0 spiro atoms. The fraction of sp³-hybridized carbons (Fsp3) is 0.467. The second-order valence-electron chi connectivity index (χ2n) is 4.40. The van der Waals surface area contributed by atoms with Crippen molar-refractivity contribution in [1.29, 1.82) is 0 Å². The highest BCUT2D eigenvalue weighted by Gasteiger charge is 2.05. The highest BCUT2D eigenvalue weighted by Crippen LogP contribution is 2.24. The van der Waals surface area contributed by atoms with Gasteiger partial charge >= 0.3 is 0 Å². The predicted octanol–water partition coefficient (Wildman–Crippen LogP) is 3.17. The number of benzene rings is 1. The van der Waals surface area contributed by atoms with Crippen molar-refractivity contribution in [2.24, 2.45) is 0 Å². The van der Waals surface area contributed by atoms with Gasteiger partial charge in [-0.25, -0.2) is 0 Å². The second-order valence-corrected chi connectivity index (χ2v) is 4.65. The Morgan fingerprint density at radius 1 is 1.26 bits per heavy atom. The van der Waals surface area contributed by atoms with E-state index in [1.54, 1.807) is 13.2 Å². The first kappa shape index (κ1) is 16.0. The molecule has 4 heteroatoms. The third kappa shape index (κ3) is 5.64. The number of rotatable bonds is 8. The van der Waals surface area contributed by atoms with E-state index in [4.69, 9.17) is 21.1 Å². The molecule has 0 fully saturated rings. The van der Waals surface area contributed by atoms with Gasteiger partial charge in [0.25, 0.3) is 0 Å². The van der Waals surface area contributed by atoms with Gasteiger partial charge in [-0.15, -0.1) is 0 Å². The molecule has 0 saturated heterocycles. The molecule has 1 rings (SSSR count). The van der Waals surface area contributed by atoms with Crippen molar-refractivity contribution in [3.05, 3.63) is 40.4 Å². The molecule has 0 unspecified atom stereocenters. The number of halogens is 1. The van der Waals surface area contributed by atoms with Crippen LogP contribution in [-0.2, 0) is 11.3 Å². The molecule has 0 heterocycles. The van der Waals surface area contributed by atoms with Gasteiger partial charge in [0.1, 0.15) is 12.4 Å². The van der Waals surface area contributed by atoms with E-state index in [1.165, 1.54) is 11.1 Å². The molecule has 1 aromatic carbocycles. The van der Waals surface area contributed by atoms with Crippen molar-refractivity contribution >= 4 is 11.6 Å². The van der Waals surface area contributed by atoms with E-state index in [0.717, 1.165) is 36.6 Å². The Kier molecular flexibility index (Phi) is 7.56. The summed E-state index contributed by atoms with van der Waals surface area (Å²) >= 11 is 5.48. The summed E-state index contributed by atoms with van der Waals surface area (Å²) in [5.74, 6) is 0.940. The van der Waals surface area contributed by atoms with Crippen LogP contribution >= 0.6 is 11.6 Å². The minimum Gasteiger partial charge on any atom is -0.489 e. The van der Waals surface area contributed by atoms with Crippen molar-refractivity contribution < 1.29 is 9.47 Å². The van der Waals surface area contributed by atoms with Gasteiger partial charge in [-0.05, 0) is 36.6 Å². The highest BCUT2D eigenvalue weighted by molar-refractivity contribution is 6.25. The first-order valence-corrected chi connectivity index (χ1v) is 6.80. The quantitative estimate of drug-likeness (QED) is 0.744. The fourth-order valence-electron chi connectivity index (χ4n) is 1.94. The maximum Gasteiger partial charge on any atom is 0.125 e. The fourth-order valence-corrected chi connectivity index (χ4v) is 2.02. The zero-order valence-corrected chi connectivity index (χ0v) is 12.6. The lowest BCUT2D eigenvalue weighted by Crippen LogP contribution is -2.18. The van der Waals surface area contributed by atoms with Crippen molar-refractivity contribution in [3.63, 3.8) is 0 Å². The van der Waals surface area contributed by atoms with Crippen LogP contribution in [0.15, 0.2) is 23.7 Å². The summed E-state index contributed by atoms with van der Waals surface area (Å²) in [7, 11) is 1.71. The molecule has 106 valence electrons. The topological polar surface area (TPSA) is 30.5 Å². The molecule has 0 radical (unpaired) electrons. The molecule has 0 saturated carbocycles. The van der Waals surface area contributed by atoms with Crippen LogP contribution in [-0.4, -0.2) is 26.9 Å². The summed E-state index contributed by atoms with van der Waals surface area (Å²) in [5.41, 5.74) is 5.02. The summed E-state index contributed by atoms with van der Waals surface area (Å²) < 4.78 is 10.7. The maximum atomic E-state index is 5.69. The third-order valence-corrected chi connectivity index (χ3v) is 2.92. The standard InChI is InChI=1S/C15H22ClNO2/c1-12-9-14(11-17-6-8-18-3)10-13(2)15(12)19-7-4-5-16/h4-5,9-10,17H,6-8,11H2,1-3H3. The Bertz CT molecular complexity index is 396. The van der Waals surface area contributed by atoms with Gasteiger partial charge in [-0.3, -0.25) is 0 Å². The number of aryl methyl sites for hydroxylation is 2. The largest absolute Gasteiger partial charge is 0.489 e. The molecule has 19 heavy (non-hydrogen) atoms. The Hall–Kier alpha value is -1.03. The molecule has 1 N–H and O–H groups in total. The molecular weight excluding hydrogens is 262 g/mol. The van der Waals surface area contributed by atoms with Crippen LogP contribution in [0.2, 0.25) is 0 Å². The molecule has 0 bridgehead atoms. The van der Waals surface area contributed by atoms with Crippen LogP contribution in [0.4, 0.5) is 0 Å². The smallest absolute Gasteiger partial charge is 0.125 e. The van der Waals surface area contributed by atoms with Crippen molar-refractivity contribution in [3.8, 4) is 5.75 Å². The number of hydrogen-bond donors (Lipinski definition) is 1.